The Bertz CT molecular complexity index is 619. The second-order valence-corrected chi connectivity index (χ2v) is 14.3. The van der Waals surface area contributed by atoms with Crippen molar-refractivity contribution >= 4 is 11.9 Å². The molecule has 0 fully saturated rings. The molecule has 0 saturated carbocycles. The number of ether oxygens (including phenoxy) is 2. The quantitative estimate of drug-likeness (QED) is 0.0493. The van der Waals surface area contributed by atoms with Crippen LogP contribution >= 0.6 is 0 Å². The van der Waals surface area contributed by atoms with Crippen LogP contribution in [-0.2, 0) is 19.1 Å². The predicted molar refractivity (Wildman–Crippen MR) is 199 cm³/mol. The van der Waals surface area contributed by atoms with Gasteiger partial charge in [0.1, 0.15) is 6.10 Å². The number of esters is 2. The Morgan fingerprint density at radius 2 is 0.696 bits per heavy atom. The zero-order valence-electron chi connectivity index (χ0n) is 31.7. The van der Waals surface area contributed by atoms with Gasteiger partial charge in [-0.2, -0.15) is 0 Å². The maximum atomic E-state index is 12.5. The Kier molecular flexibility index (Phi) is 37.5. The summed E-state index contributed by atoms with van der Waals surface area (Å²) >= 11 is 0. The molecule has 0 aromatic heterocycles. The van der Waals surface area contributed by atoms with Crippen molar-refractivity contribution in [1.29, 1.82) is 0 Å². The van der Waals surface area contributed by atoms with E-state index in [1.165, 1.54) is 161 Å². The van der Waals surface area contributed by atoms with Crippen LogP contribution in [-0.4, -0.2) is 24.6 Å². The molecule has 0 aromatic carbocycles. The van der Waals surface area contributed by atoms with Crippen LogP contribution in [0.4, 0.5) is 0 Å². The van der Waals surface area contributed by atoms with Crippen molar-refractivity contribution in [3.8, 4) is 0 Å². The summed E-state index contributed by atoms with van der Waals surface area (Å²) in [4.78, 5) is 24.1. The molecule has 0 aliphatic rings. The minimum Gasteiger partial charge on any atom is -0.466 e. The summed E-state index contributed by atoms with van der Waals surface area (Å²) in [7, 11) is 0. The largest absolute Gasteiger partial charge is 0.466 e. The van der Waals surface area contributed by atoms with Gasteiger partial charge in [-0.15, -0.1) is 0 Å². The Morgan fingerprint density at radius 3 is 1.11 bits per heavy atom. The van der Waals surface area contributed by atoms with Crippen LogP contribution in [0.3, 0.4) is 0 Å². The molecule has 0 amide bonds. The number of carbonyl (C=O) groups is 2. The molecule has 0 saturated heterocycles. The number of rotatable bonds is 38. The average Bonchev–Trinajstić information content (AvgIpc) is 3.05. The van der Waals surface area contributed by atoms with Gasteiger partial charge in [-0.25, -0.2) is 0 Å². The Morgan fingerprint density at radius 1 is 0.370 bits per heavy atom. The molecule has 0 spiro atoms. The van der Waals surface area contributed by atoms with Gasteiger partial charge in [0.15, 0.2) is 0 Å². The van der Waals surface area contributed by atoms with E-state index in [9.17, 15) is 9.59 Å². The molecular formula is C42H82O4. The fourth-order valence-corrected chi connectivity index (χ4v) is 6.39. The first-order chi connectivity index (χ1) is 22.6. The standard InChI is InChI=1S/C42H82O4/c1-4-7-10-11-12-13-14-15-16-17-22-25-28-31-34-38-42(44)46-40(35-8-5-2)36-32-29-26-23-20-18-19-21-24-27-30-33-37-41(43)45-39-9-6-3/h40H,4-39H2,1-3H3. The second kappa shape index (κ2) is 38.4. The van der Waals surface area contributed by atoms with Crippen molar-refractivity contribution < 1.29 is 19.1 Å². The van der Waals surface area contributed by atoms with Gasteiger partial charge >= 0.3 is 11.9 Å². The molecule has 0 aromatic rings. The summed E-state index contributed by atoms with van der Waals surface area (Å²) in [6, 6.07) is 0. The van der Waals surface area contributed by atoms with Gasteiger partial charge < -0.3 is 9.47 Å². The van der Waals surface area contributed by atoms with E-state index in [1.807, 2.05) is 0 Å². The van der Waals surface area contributed by atoms with E-state index < -0.39 is 0 Å². The van der Waals surface area contributed by atoms with Crippen molar-refractivity contribution in [1.82, 2.24) is 0 Å². The van der Waals surface area contributed by atoms with Gasteiger partial charge in [-0.1, -0.05) is 194 Å². The lowest BCUT2D eigenvalue weighted by molar-refractivity contribution is -0.150. The van der Waals surface area contributed by atoms with Crippen molar-refractivity contribution in [3.63, 3.8) is 0 Å². The molecule has 0 N–H and O–H groups in total. The summed E-state index contributed by atoms with van der Waals surface area (Å²) < 4.78 is 11.2. The molecule has 0 aliphatic heterocycles. The highest BCUT2D eigenvalue weighted by molar-refractivity contribution is 5.69. The van der Waals surface area contributed by atoms with E-state index in [2.05, 4.69) is 20.8 Å². The fraction of sp³-hybridized carbons (Fsp3) is 0.952. The highest BCUT2D eigenvalue weighted by atomic mass is 16.5. The lowest BCUT2D eigenvalue weighted by Gasteiger charge is -2.18. The lowest BCUT2D eigenvalue weighted by atomic mass is 10.0. The van der Waals surface area contributed by atoms with Crippen LogP contribution in [0.25, 0.3) is 0 Å². The molecule has 1 unspecified atom stereocenters. The van der Waals surface area contributed by atoms with E-state index in [-0.39, 0.29) is 18.0 Å². The molecule has 274 valence electrons. The monoisotopic (exact) mass is 651 g/mol. The number of hydrogen-bond acceptors (Lipinski definition) is 4. The van der Waals surface area contributed by atoms with Gasteiger partial charge in [0.2, 0.25) is 0 Å². The van der Waals surface area contributed by atoms with Crippen LogP contribution in [0.5, 0.6) is 0 Å². The third kappa shape index (κ3) is 35.8. The minimum atomic E-state index is -0.0171. The van der Waals surface area contributed by atoms with E-state index in [1.54, 1.807) is 0 Å². The first kappa shape index (κ1) is 44.9. The van der Waals surface area contributed by atoms with Crippen molar-refractivity contribution in [3.05, 3.63) is 0 Å². The summed E-state index contributed by atoms with van der Waals surface area (Å²) in [5.74, 6) is 0.0252. The average molecular weight is 651 g/mol. The zero-order valence-corrected chi connectivity index (χ0v) is 31.7. The van der Waals surface area contributed by atoms with E-state index in [0.717, 1.165) is 51.4 Å². The zero-order chi connectivity index (χ0) is 33.6. The van der Waals surface area contributed by atoms with Gasteiger partial charge in [-0.05, 0) is 38.5 Å². The molecule has 0 radical (unpaired) electrons. The van der Waals surface area contributed by atoms with Crippen LogP contribution < -0.4 is 0 Å². The van der Waals surface area contributed by atoms with Gasteiger partial charge in [0.05, 0.1) is 6.61 Å². The smallest absolute Gasteiger partial charge is 0.306 e. The maximum absolute atomic E-state index is 12.5. The topological polar surface area (TPSA) is 52.6 Å². The first-order valence-corrected chi connectivity index (χ1v) is 21.0. The molecular weight excluding hydrogens is 568 g/mol. The van der Waals surface area contributed by atoms with Crippen LogP contribution in [0, 0.1) is 0 Å². The molecule has 0 aliphatic carbocycles. The van der Waals surface area contributed by atoms with Gasteiger partial charge in [0, 0.05) is 12.8 Å². The fourth-order valence-electron chi connectivity index (χ4n) is 6.39. The Labute approximate surface area is 288 Å². The Balaban J connectivity index is 3.59. The lowest BCUT2D eigenvalue weighted by Crippen LogP contribution is -2.18. The highest BCUT2D eigenvalue weighted by Gasteiger charge is 2.14. The molecule has 4 heteroatoms. The number of hydrogen-bond donors (Lipinski definition) is 0. The maximum Gasteiger partial charge on any atom is 0.306 e. The van der Waals surface area contributed by atoms with Crippen LogP contribution in [0.2, 0.25) is 0 Å². The summed E-state index contributed by atoms with van der Waals surface area (Å²) in [6.45, 7) is 7.21. The summed E-state index contributed by atoms with van der Waals surface area (Å²) in [5, 5.41) is 0. The third-order valence-corrected chi connectivity index (χ3v) is 9.58. The molecule has 4 nitrogen and oxygen atoms in total. The molecule has 0 heterocycles. The normalized spacial score (nSPS) is 12.0. The van der Waals surface area contributed by atoms with Crippen LogP contribution in [0.1, 0.15) is 245 Å². The summed E-state index contributed by atoms with van der Waals surface area (Å²) in [6.07, 6.45) is 43.1. The van der Waals surface area contributed by atoms with E-state index in [0.29, 0.717) is 19.4 Å². The van der Waals surface area contributed by atoms with Crippen LogP contribution in [0.15, 0.2) is 0 Å². The highest BCUT2D eigenvalue weighted by Crippen LogP contribution is 2.18. The number of carbonyl (C=O) groups excluding carboxylic acids is 2. The third-order valence-electron chi connectivity index (χ3n) is 9.58. The van der Waals surface area contributed by atoms with Crippen molar-refractivity contribution in [2.24, 2.45) is 0 Å². The van der Waals surface area contributed by atoms with E-state index in [4.69, 9.17) is 9.47 Å². The van der Waals surface area contributed by atoms with E-state index >= 15 is 0 Å². The van der Waals surface area contributed by atoms with Crippen molar-refractivity contribution in [2.75, 3.05) is 6.61 Å². The molecule has 0 rings (SSSR count). The molecule has 0 bridgehead atoms. The second-order valence-electron chi connectivity index (χ2n) is 14.3. The van der Waals surface area contributed by atoms with Gasteiger partial charge in [-0.3, -0.25) is 9.59 Å². The van der Waals surface area contributed by atoms with Gasteiger partial charge in [0.25, 0.3) is 0 Å². The first-order valence-electron chi connectivity index (χ1n) is 21.0. The predicted octanol–water partition coefficient (Wildman–Crippen LogP) is 14.2. The SMILES string of the molecule is CCCCCCCCCCCCCCCCCC(=O)OC(CCCC)CCCCCCCCCCCCCCC(=O)OCCCC. The van der Waals surface area contributed by atoms with Crippen molar-refractivity contribution in [2.45, 2.75) is 252 Å². The summed E-state index contributed by atoms with van der Waals surface area (Å²) in [5.41, 5.74) is 0. The number of unbranched alkanes of at least 4 members (excludes halogenated alkanes) is 27. The Hall–Kier alpha value is -1.06. The minimum absolute atomic E-state index is 0.0171. The molecule has 1 atom stereocenters. The molecule has 46 heavy (non-hydrogen) atoms.